The zero-order valence-corrected chi connectivity index (χ0v) is 17.1. The maximum absolute atomic E-state index is 11.3. The average molecular weight is 440 g/mol. The second kappa shape index (κ2) is 8.40. The van der Waals surface area contributed by atoms with Crippen LogP contribution in [0, 0.1) is 11.3 Å². The fourth-order valence-corrected chi connectivity index (χ4v) is 3.59. The highest BCUT2D eigenvalue weighted by Gasteiger charge is 2.24. The van der Waals surface area contributed by atoms with Crippen LogP contribution in [-0.2, 0) is 0 Å². The molecule has 0 radical (unpaired) electrons. The Hall–Kier alpha value is -4.77. The van der Waals surface area contributed by atoms with Gasteiger partial charge in [-0.3, -0.25) is 0 Å². The Morgan fingerprint density at radius 2 is 1.85 bits per heavy atom. The third-order valence-corrected chi connectivity index (χ3v) is 5.20. The van der Waals surface area contributed by atoms with E-state index in [9.17, 15) is 15.2 Å². The Bertz CT molecular complexity index is 1360. The van der Waals surface area contributed by atoms with Gasteiger partial charge in [0.1, 0.15) is 17.4 Å². The largest absolute Gasteiger partial charge is 0.478 e. The minimum absolute atomic E-state index is 0.122. The standard InChI is InChI=1S/C25H16N2O6/c26-13-19-18(20-2-1-11-30-20)9-10-27-24(19)33-23(15-3-5-16(6-4-15)25(28)29)17-7-8-21-22(12-17)32-14-31-21/h1-12,23H,14H2,(H,28,29). The highest BCUT2D eigenvalue weighted by atomic mass is 16.7. The normalized spacial score (nSPS) is 12.7. The molecule has 8 nitrogen and oxygen atoms in total. The van der Waals surface area contributed by atoms with Gasteiger partial charge in [-0.1, -0.05) is 18.2 Å². The van der Waals surface area contributed by atoms with Crippen LogP contribution < -0.4 is 14.2 Å². The van der Waals surface area contributed by atoms with Crippen molar-refractivity contribution in [1.82, 2.24) is 4.98 Å². The Morgan fingerprint density at radius 3 is 2.58 bits per heavy atom. The summed E-state index contributed by atoms with van der Waals surface area (Å²) in [7, 11) is 0. The number of fused-ring (bicyclic) bond motifs is 1. The van der Waals surface area contributed by atoms with Crippen LogP contribution in [-0.4, -0.2) is 22.9 Å². The maximum atomic E-state index is 11.3. The molecule has 2 aromatic heterocycles. The van der Waals surface area contributed by atoms with E-state index in [4.69, 9.17) is 18.6 Å². The minimum atomic E-state index is -1.03. The van der Waals surface area contributed by atoms with Crippen LogP contribution in [0.3, 0.4) is 0 Å². The molecular formula is C25H16N2O6. The topological polar surface area (TPSA) is 115 Å². The molecule has 3 heterocycles. The average Bonchev–Trinajstić information content (AvgIpc) is 3.54. The highest BCUT2D eigenvalue weighted by molar-refractivity contribution is 5.87. The highest BCUT2D eigenvalue weighted by Crippen LogP contribution is 2.38. The Kier molecular flexibility index (Phi) is 5.13. The zero-order chi connectivity index (χ0) is 22.8. The number of hydrogen-bond donors (Lipinski definition) is 1. The smallest absolute Gasteiger partial charge is 0.335 e. The molecule has 4 aromatic rings. The predicted molar refractivity (Wildman–Crippen MR) is 115 cm³/mol. The van der Waals surface area contributed by atoms with E-state index in [1.165, 1.54) is 24.6 Å². The number of ether oxygens (including phenoxy) is 3. The van der Waals surface area contributed by atoms with Crippen molar-refractivity contribution >= 4 is 5.97 Å². The van der Waals surface area contributed by atoms with Gasteiger partial charge in [0, 0.05) is 17.3 Å². The number of nitrogens with zero attached hydrogens (tertiary/aromatic N) is 2. The molecule has 0 bridgehead atoms. The molecule has 5 rings (SSSR count). The summed E-state index contributed by atoms with van der Waals surface area (Å²) in [6.45, 7) is 0.128. The molecule has 33 heavy (non-hydrogen) atoms. The number of carbonyl (C=O) groups is 1. The minimum Gasteiger partial charge on any atom is -0.478 e. The number of furan rings is 1. The number of aromatic nitrogens is 1. The fraction of sp³-hybridized carbons (Fsp3) is 0.0800. The van der Waals surface area contributed by atoms with E-state index in [0.29, 0.717) is 28.4 Å². The van der Waals surface area contributed by atoms with E-state index in [2.05, 4.69) is 11.1 Å². The molecule has 0 amide bonds. The number of hydrogen-bond acceptors (Lipinski definition) is 7. The number of aromatic carboxylic acids is 1. The molecule has 162 valence electrons. The summed E-state index contributed by atoms with van der Waals surface area (Å²) in [6, 6.07) is 19.0. The molecule has 2 aromatic carbocycles. The molecule has 1 aliphatic rings. The zero-order valence-electron chi connectivity index (χ0n) is 17.1. The summed E-state index contributed by atoms with van der Waals surface area (Å²) < 4.78 is 22.6. The summed E-state index contributed by atoms with van der Waals surface area (Å²) in [6.07, 6.45) is 2.36. The summed E-state index contributed by atoms with van der Waals surface area (Å²) in [5, 5.41) is 19.1. The van der Waals surface area contributed by atoms with Crippen molar-refractivity contribution in [3.63, 3.8) is 0 Å². The lowest BCUT2D eigenvalue weighted by molar-refractivity contribution is 0.0696. The van der Waals surface area contributed by atoms with Crippen LogP contribution in [0.1, 0.15) is 33.2 Å². The van der Waals surface area contributed by atoms with Crippen molar-refractivity contribution in [1.29, 1.82) is 5.26 Å². The third-order valence-electron chi connectivity index (χ3n) is 5.20. The van der Waals surface area contributed by atoms with Gasteiger partial charge in [0.15, 0.2) is 17.6 Å². The number of benzene rings is 2. The molecule has 1 N–H and O–H groups in total. The van der Waals surface area contributed by atoms with Crippen LogP contribution in [0.4, 0.5) is 0 Å². The third kappa shape index (κ3) is 3.83. The van der Waals surface area contributed by atoms with Gasteiger partial charge < -0.3 is 23.7 Å². The van der Waals surface area contributed by atoms with Crippen LogP contribution >= 0.6 is 0 Å². The van der Waals surface area contributed by atoms with Gasteiger partial charge in [-0.05, 0) is 48.0 Å². The van der Waals surface area contributed by atoms with Gasteiger partial charge in [-0.2, -0.15) is 5.26 Å². The number of nitriles is 1. The van der Waals surface area contributed by atoms with E-state index in [1.54, 1.807) is 42.5 Å². The number of carboxylic acids is 1. The Morgan fingerprint density at radius 1 is 1.06 bits per heavy atom. The van der Waals surface area contributed by atoms with Gasteiger partial charge in [0.2, 0.25) is 12.7 Å². The van der Waals surface area contributed by atoms with Gasteiger partial charge >= 0.3 is 5.97 Å². The monoisotopic (exact) mass is 440 g/mol. The second-order valence-electron chi connectivity index (χ2n) is 7.17. The van der Waals surface area contributed by atoms with Crippen LogP contribution in [0.2, 0.25) is 0 Å². The van der Waals surface area contributed by atoms with Gasteiger partial charge in [-0.15, -0.1) is 0 Å². The molecule has 1 unspecified atom stereocenters. The molecule has 8 heteroatoms. The van der Waals surface area contributed by atoms with Gasteiger partial charge in [-0.25, -0.2) is 9.78 Å². The van der Waals surface area contributed by atoms with Crippen molar-refractivity contribution in [3.05, 3.63) is 95.4 Å². The molecule has 1 atom stereocenters. The summed E-state index contributed by atoms with van der Waals surface area (Å²) in [4.78, 5) is 15.6. The molecule has 1 aliphatic heterocycles. The van der Waals surface area contributed by atoms with Gasteiger partial charge in [0.25, 0.3) is 0 Å². The van der Waals surface area contributed by atoms with Crippen molar-refractivity contribution in [2.45, 2.75) is 6.10 Å². The molecule has 0 spiro atoms. The van der Waals surface area contributed by atoms with Gasteiger partial charge in [0.05, 0.1) is 11.8 Å². The first-order valence-corrected chi connectivity index (χ1v) is 9.96. The first kappa shape index (κ1) is 20.2. The second-order valence-corrected chi connectivity index (χ2v) is 7.17. The summed E-state index contributed by atoms with van der Waals surface area (Å²) >= 11 is 0. The van der Waals surface area contributed by atoms with E-state index in [0.717, 1.165) is 5.56 Å². The van der Waals surface area contributed by atoms with E-state index in [1.807, 2.05) is 6.07 Å². The SMILES string of the molecule is N#Cc1c(-c2ccco2)ccnc1OC(c1ccc(C(=O)O)cc1)c1ccc2c(c1)OCO2. The molecule has 0 saturated heterocycles. The van der Waals surface area contributed by atoms with Crippen LogP contribution in [0.15, 0.2) is 77.5 Å². The number of carboxylic acid groups (broad SMARTS) is 1. The van der Waals surface area contributed by atoms with Crippen molar-refractivity contribution in [2.75, 3.05) is 6.79 Å². The molecule has 0 aliphatic carbocycles. The first-order chi connectivity index (χ1) is 16.1. The van der Waals surface area contributed by atoms with E-state index in [-0.39, 0.29) is 23.8 Å². The number of pyridine rings is 1. The summed E-state index contributed by atoms with van der Waals surface area (Å²) in [5.41, 5.74) is 2.32. The molecule has 0 fully saturated rings. The van der Waals surface area contributed by atoms with E-state index >= 15 is 0 Å². The Balaban J connectivity index is 1.59. The summed E-state index contributed by atoms with van der Waals surface area (Å²) in [5.74, 6) is 0.803. The maximum Gasteiger partial charge on any atom is 0.335 e. The molecule has 0 saturated carbocycles. The van der Waals surface area contributed by atoms with Crippen molar-refractivity contribution in [3.8, 4) is 34.8 Å². The lowest BCUT2D eigenvalue weighted by atomic mass is 9.99. The first-order valence-electron chi connectivity index (χ1n) is 9.96. The lowest BCUT2D eigenvalue weighted by Gasteiger charge is -2.21. The lowest BCUT2D eigenvalue weighted by Crippen LogP contribution is -2.12. The van der Waals surface area contributed by atoms with Crippen molar-refractivity contribution in [2.24, 2.45) is 0 Å². The predicted octanol–water partition coefficient (Wildman–Crippen LogP) is 4.81. The Labute approximate surface area is 188 Å². The van der Waals surface area contributed by atoms with Crippen LogP contribution in [0.5, 0.6) is 17.4 Å². The van der Waals surface area contributed by atoms with Crippen molar-refractivity contribution < 1.29 is 28.5 Å². The fourth-order valence-electron chi connectivity index (χ4n) is 3.59. The van der Waals surface area contributed by atoms with Crippen LogP contribution in [0.25, 0.3) is 11.3 Å². The van der Waals surface area contributed by atoms with E-state index < -0.39 is 12.1 Å². The number of rotatable bonds is 6. The molecular weight excluding hydrogens is 424 g/mol. The quantitative estimate of drug-likeness (QED) is 0.454.